The molecule has 1 saturated heterocycles. The Hall–Kier alpha value is -3.14. The van der Waals surface area contributed by atoms with E-state index in [1.54, 1.807) is 7.11 Å². The number of aromatic nitrogens is 1. The first-order chi connectivity index (χ1) is 14.2. The fourth-order valence-corrected chi connectivity index (χ4v) is 4.02. The number of hydrogen-bond donors (Lipinski definition) is 0. The number of methoxy groups -OCH3 is 1. The lowest BCUT2D eigenvalue weighted by Crippen LogP contribution is -2.32. The predicted molar refractivity (Wildman–Crippen MR) is 114 cm³/mol. The van der Waals surface area contributed by atoms with E-state index in [-0.39, 0.29) is 11.9 Å². The molecule has 0 N–H and O–H groups in total. The summed E-state index contributed by atoms with van der Waals surface area (Å²) >= 11 is 0. The van der Waals surface area contributed by atoms with Crippen LogP contribution >= 0.6 is 0 Å². The van der Waals surface area contributed by atoms with Gasteiger partial charge in [-0.2, -0.15) is 0 Å². The second-order valence-corrected chi connectivity index (χ2v) is 7.49. The smallest absolute Gasteiger partial charge is 0.227 e. The van der Waals surface area contributed by atoms with Gasteiger partial charge in [0.15, 0.2) is 0 Å². The summed E-state index contributed by atoms with van der Waals surface area (Å²) in [5.41, 5.74) is 4.22. The molecule has 1 aromatic heterocycles. The van der Waals surface area contributed by atoms with Crippen LogP contribution in [0.1, 0.15) is 41.4 Å². The fourth-order valence-electron chi connectivity index (χ4n) is 4.02. The molecular weight excluding hydrogens is 360 g/mol. The Morgan fingerprint density at radius 2 is 1.83 bits per heavy atom. The Morgan fingerprint density at radius 3 is 2.66 bits per heavy atom. The van der Waals surface area contributed by atoms with Crippen LogP contribution in [-0.4, -0.2) is 29.4 Å². The van der Waals surface area contributed by atoms with Crippen molar-refractivity contribution in [2.45, 2.75) is 31.7 Å². The van der Waals surface area contributed by atoms with Gasteiger partial charge >= 0.3 is 0 Å². The van der Waals surface area contributed by atoms with Gasteiger partial charge in [0.25, 0.3) is 0 Å². The summed E-state index contributed by atoms with van der Waals surface area (Å²) < 4.78 is 5.32. The summed E-state index contributed by atoms with van der Waals surface area (Å²) in [4.78, 5) is 19.8. The molecule has 1 atom stereocenters. The standard InChI is InChI=1S/C25H26N2O2/c1-29-22-12-5-10-20(17-22)16-21-11-6-13-23(26-21)24-14-7-15-27(24)25(28)18-19-8-3-2-4-9-19/h2-6,8-13,17,24H,7,14-16,18H2,1H3/t24-/m1/s1. The van der Waals surface area contributed by atoms with E-state index in [9.17, 15) is 4.79 Å². The average molecular weight is 386 g/mol. The van der Waals surface area contributed by atoms with Gasteiger partial charge in [0.2, 0.25) is 5.91 Å². The predicted octanol–water partition coefficient (Wildman–Crippen LogP) is 4.59. The van der Waals surface area contributed by atoms with Gasteiger partial charge in [0.05, 0.1) is 25.3 Å². The zero-order valence-electron chi connectivity index (χ0n) is 16.8. The van der Waals surface area contributed by atoms with Crippen LogP contribution < -0.4 is 4.74 Å². The van der Waals surface area contributed by atoms with Crippen molar-refractivity contribution in [2.24, 2.45) is 0 Å². The molecule has 4 heteroatoms. The molecule has 0 aliphatic carbocycles. The Morgan fingerprint density at radius 1 is 1.03 bits per heavy atom. The third kappa shape index (κ3) is 4.65. The van der Waals surface area contributed by atoms with Crippen LogP contribution in [0.3, 0.4) is 0 Å². The number of ether oxygens (including phenoxy) is 1. The number of pyridine rings is 1. The van der Waals surface area contributed by atoms with Crippen LogP contribution in [0, 0.1) is 0 Å². The second kappa shape index (κ2) is 8.91. The number of carbonyl (C=O) groups is 1. The number of benzene rings is 2. The number of rotatable bonds is 6. The zero-order chi connectivity index (χ0) is 20.1. The first kappa shape index (κ1) is 19.2. The molecule has 3 aromatic rings. The van der Waals surface area contributed by atoms with E-state index in [1.165, 1.54) is 0 Å². The van der Waals surface area contributed by atoms with Crippen molar-refractivity contribution < 1.29 is 9.53 Å². The summed E-state index contributed by atoms with van der Waals surface area (Å²) in [6, 6.07) is 24.2. The molecule has 0 radical (unpaired) electrons. The van der Waals surface area contributed by atoms with Crippen molar-refractivity contribution in [1.29, 1.82) is 0 Å². The van der Waals surface area contributed by atoms with E-state index in [4.69, 9.17) is 9.72 Å². The van der Waals surface area contributed by atoms with Crippen LogP contribution in [0.25, 0.3) is 0 Å². The minimum atomic E-state index is 0.0662. The van der Waals surface area contributed by atoms with Gasteiger partial charge in [-0.1, -0.05) is 48.5 Å². The number of hydrogen-bond acceptors (Lipinski definition) is 3. The summed E-state index contributed by atoms with van der Waals surface area (Å²) in [5, 5.41) is 0. The zero-order valence-corrected chi connectivity index (χ0v) is 16.8. The molecular formula is C25H26N2O2. The number of carbonyl (C=O) groups excluding carboxylic acids is 1. The van der Waals surface area contributed by atoms with Gasteiger partial charge in [0.1, 0.15) is 5.75 Å². The summed E-state index contributed by atoms with van der Waals surface area (Å²) in [5.74, 6) is 1.03. The van der Waals surface area contributed by atoms with Crippen LogP contribution in [0.4, 0.5) is 0 Å². The van der Waals surface area contributed by atoms with E-state index < -0.39 is 0 Å². The first-order valence-corrected chi connectivity index (χ1v) is 10.1. The lowest BCUT2D eigenvalue weighted by atomic mass is 10.1. The van der Waals surface area contributed by atoms with Crippen LogP contribution in [0.5, 0.6) is 5.75 Å². The van der Waals surface area contributed by atoms with E-state index >= 15 is 0 Å². The average Bonchev–Trinajstić information content (AvgIpc) is 3.25. The third-order valence-electron chi connectivity index (χ3n) is 5.46. The highest BCUT2D eigenvalue weighted by atomic mass is 16.5. The third-order valence-corrected chi connectivity index (χ3v) is 5.46. The Kier molecular flexibility index (Phi) is 5.89. The van der Waals surface area contributed by atoms with Crippen molar-refractivity contribution in [1.82, 2.24) is 9.88 Å². The summed E-state index contributed by atoms with van der Waals surface area (Å²) in [6.07, 6.45) is 3.18. The van der Waals surface area contributed by atoms with Crippen molar-refractivity contribution in [2.75, 3.05) is 13.7 Å². The maximum absolute atomic E-state index is 12.9. The minimum Gasteiger partial charge on any atom is -0.497 e. The van der Waals surface area contributed by atoms with Crippen molar-refractivity contribution >= 4 is 5.91 Å². The van der Waals surface area contributed by atoms with Gasteiger partial charge in [-0.15, -0.1) is 0 Å². The highest BCUT2D eigenvalue weighted by Crippen LogP contribution is 2.31. The molecule has 1 aliphatic heterocycles. The summed E-state index contributed by atoms with van der Waals surface area (Å²) in [6.45, 7) is 0.804. The molecule has 1 amide bonds. The molecule has 0 unspecified atom stereocenters. The Labute approximate surface area is 172 Å². The lowest BCUT2D eigenvalue weighted by molar-refractivity contribution is -0.131. The van der Waals surface area contributed by atoms with E-state index in [2.05, 4.69) is 12.1 Å². The number of likely N-dealkylation sites (tertiary alicyclic amines) is 1. The highest BCUT2D eigenvalue weighted by Gasteiger charge is 2.30. The topological polar surface area (TPSA) is 42.4 Å². The molecule has 1 fully saturated rings. The molecule has 0 bridgehead atoms. The number of amides is 1. The minimum absolute atomic E-state index is 0.0662. The molecule has 148 valence electrons. The Balaban J connectivity index is 1.49. The second-order valence-electron chi connectivity index (χ2n) is 7.49. The molecule has 4 nitrogen and oxygen atoms in total. The molecule has 1 aliphatic rings. The number of nitrogens with zero attached hydrogens (tertiary/aromatic N) is 2. The summed E-state index contributed by atoms with van der Waals surface area (Å²) in [7, 11) is 1.68. The Bertz CT molecular complexity index is 971. The molecule has 0 spiro atoms. The van der Waals surface area contributed by atoms with Crippen LogP contribution in [-0.2, 0) is 17.6 Å². The fraction of sp³-hybridized carbons (Fsp3) is 0.280. The van der Waals surface area contributed by atoms with E-state index in [0.717, 1.165) is 54.1 Å². The highest BCUT2D eigenvalue weighted by molar-refractivity contribution is 5.79. The normalized spacial score (nSPS) is 16.0. The van der Waals surface area contributed by atoms with E-state index in [1.807, 2.05) is 65.6 Å². The van der Waals surface area contributed by atoms with Gasteiger partial charge in [-0.3, -0.25) is 9.78 Å². The quantitative estimate of drug-likeness (QED) is 0.622. The SMILES string of the molecule is COc1cccc(Cc2cccc([C@H]3CCCN3C(=O)Cc3ccccc3)n2)c1. The first-order valence-electron chi connectivity index (χ1n) is 10.1. The molecule has 2 heterocycles. The molecule has 29 heavy (non-hydrogen) atoms. The van der Waals surface area contributed by atoms with Crippen molar-refractivity contribution in [3.63, 3.8) is 0 Å². The van der Waals surface area contributed by atoms with Gasteiger partial charge in [-0.05, 0) is 48.2 Å². The van der Waals surface area contributed by atoms with Crippen LogP contribution in [0.2, 0.25) is 0 Å². The van der Waals surface area contributed by atoms with Crippen LogP contribution in [0.15, 0.2) is 72.8 Å². The lowest BCUT2D eigenvalue weighted by Gasteiger charge is -2.25. The van der Waals surface area contributed by atoms with Gasteiger partial charge in [0, 0.05) is 18.7 Å². The maximum Gasteiger partial charge on any atom is 0.227 e. The van der Waals surface area contributed by atoms with Gasteiger partial charge < -0.3 is 9.64 Å². The monoisotopic (exact) mass is 386 g/mol. The van der Waals surface area contributed by atoms with E-state index in [0.29, 0.717) is 6.42 Å². The molecule has 4 rings (SSSR count). The van der Waals surface area contributed by atoms with Crippen molar-refractivity contribution in [3.8, 4) is 5.75 Å². The largest absolute Gasteiger partial charge is 0.497 e. The van der Waals surface area contributed by atoms with Gasteiger partial charge in [-0.25, -0.2) is 0 Å². The molecule has 2 aromatic carbocycles. The van der Waals surface area contributed by atoms with Crippen molar-refractivity contribution in [3.05, 3.63) is 95.3 Å². The molecule has 0 saturated carbocycles. The maximum atomic E-state index is 12.9.